The molecule has 106 valence electrons. The van der Waals surface area contributed by atoms with Crippen LogP contribution in [-0.4, -0.2) is 36.0 Å². The zero-order valence-corrected chi connectivity index (χ0v) is 11.5. The van der Waals surface area contributed by atoms with Gasteiger partial charge in [0.15, 0.2) is 0 Å². The minimum Gasteiger partial charge on any atom is -0.399 e. The maximum atomic E-state index is 12.5. The van der Waals surface area contributed by atoms with E-state index in [0.29, 0.717) is 35.9 Å². The lowest BCUT2D eigenvalue weighted by atomic mass is 9.92. The number of rotatable bonds is 2. The molecule has 1 fully saturated rings. The summed E-state index contributed by atoms with van der Waals surface area (Å²) in [6, 6.07) is 4.79. The molecule has 1 atom stereocenters. The molecule has 0 aliphatic carbocycles. The molecule has 0 bridgehead atoms. The Bertz CT molecular complexity index is 564. The van der Waals surface area contributed by atoms with Crippen molar-refractivity contribution < 1.29 is 14.3 Å². The highest BCUT2D eigenvalue weighted by Gasteiger charge is 2.41. The molecule has 2 amide bonds. The number of nitrogens with zero attached hydrogens (tertiary/aromatic N) is 1. The van der Waals surface area contributed by atoms with Gasteiger partial charge < -0.3 is 10.5 Å². The maximum Gasteiger partial charge on any atom is 0.261 e. The number of hydrogen-bond acceptors (Lipinski definition) is 4. The lowest BCUT2D eigenvalue weighted by molar-refractivity contribution is 0.0273. The van der Waals surface area contributed by atoms with Gasteiger partial charge in [0.1, 0.15) is 0 Å². The van der Waals surface area contributed by atoms with Gasteiger partial charge in [-0.2, -0.15) is 0 Å². The van der Waals surface area contributed by atoms with E-state index in [1.807, 2.05) is 6.92 Å². The SMILES string of the molecule is CC(C1CCOCC1)N1C(=O)c2ccc(N)cc2C1=O. The van der Waals surface area contributed by atoms with Crippen LogP contribution in [0.15, 0.2) is 18.2 Å². The highest BCUT2D eigenvalue weighted by atomic mass is 16.5. The Labute approximate surface area is 117 Å². The van der Waals surface area contributed by atoms with Crippen LogP contribution in [0.1, 0.15) is 40.5 Å². The van der Waals surface area contributed by atoms with Crippen LogP contribution in [0.4, 0.5) is 5.69 Å². The van der Waals surface area contributed by atoms with Crippen molar-refractivity contribution in [2.24, 2.45) is 5.92 Å². The summed E-state index contributed by atoms with van der Waals surface area (Å²) < 4.78 is 5.34. The summed E-state index contributed by atoms with van der Waals surface area (Å²) in [6.07, 6.45) is 1.77. The topological polar surface area (TPSA) is 72.6 Å². The molecule has 2 heterocycles. The van der Waals surface area contributed by atoms with Crippen molar-refractivity contribution in [3.8, 4) is 0 Å². The van der Waals surface area contributed by atoms with Crippen LogP contribution in [0.5, 0.6) is 0 Å². The fraction of sp³-hybridized carbons (Fsp3) is 0.467. The monoisotopic (exact) mass is 274 g/mol. The number of nitrogens with two attached hydrogens (primary N) is 1. The van der Waals surface area contributed by atoms with Crippen molar-refractivity contribution in [1.82, 2.24) is 4.90 Å². The largest absolute Gasteiger partial charge is 0.399 e. The van der Waals surface area contributed by atoms with Gasteiger partial charge in [-0.3, -0.25) is 14.5 Å². The second-order valence-corrected chi connectivity index (χ2v) is 5.48. The van der Waals surface area contributed by atoms with Crippen molar-refractivity contribution in [2.75, 3.05) is 18.9 Å². The standard InChI is InChI=1S/C15H18N2O3/c1-9(10-4-6-20-7-5-10)17-14(18)12-3-2-11(16)8-13(12)15(17)19/h2-3,8-10H,4-7,16H2,1H3. The van der Waals surface area contributed by atoms with Crippen molar-refractivity contribution in [1.29, 1.82) is 0 Å². The summed E-state index contributed by atoms with van der Waals surface area (Å²) in [4.78, 5) is 26.3. The van der Waals surface area contributed by atoms with Gasteiger partial charge in [-0.25, -0.2) is 0 Å². The summed E-state index contributed by atoms with van der Waals surface area (Å²) in [5, 5.41) is 0. The van der Waals surface area contributed by atoms with Gasteiger partial charge in [0, 0.05) is 24.9 Å². The molecule has 1 saturated heterocycles. The number of nitrogen functional groups attached to an aromatic ring is 1. The van der Waals surface area contributed by atoms with Gasteiger partial charge in [-0.05, 0) is 43.9 Å². The van der Waals surface area contributed by atoms with Crippen LogP contribution < -0.4 is 5.73 Å². The minimum absolute atomic E-state index is 0.104. The van der Waals surface area contributed by atoms with E-state index in [2.05, 4.69) is 0 Å². The molecule has 1 aromatic rings. The van der Waals surface area contributed by atoms with Gasteiger partial charge in [0.05, 0.1) is 11.1 Å². The lowest BCUT2D eigenvalue weighted by Crippen LogP contribution is -2.44. The Morgan fingerprint density at radius 1 is 1.20 bits per heavy atom. The van der Waals surface area contributed by atoms with E-state index in [0.717, 1.165) is 12.8 Å². The molecule has 0 aromatic heterocycles. The van der Waals surface area contributed by atoms with Gasteiger partial charge in [-0.1, -0.05) is 0 Å². The van der Waals surface area contributed by atoms with E-state index in [1.165, 1.54) is 4.90 Å². The first kappa shape index (κ1) is 13.1. The molecule has 20 heavy (non-hydrogen) atoms. The van der Waals surface area contributed by atoms with Crippen LogP contribution in [0.25, 0.3) is 0 Å². The molecule has 0 saturated carbocycles. The van der Waals surface area contributed by atoms with Gasteiger partial charge in [-0.15, -0.1) is 0 Å². The number of amides is 2. The Kier molecular flexibility index (Phi) is 3.22. The molecule has 3 rings (SSSR count). The zero-order chi connectivity index (χ0) is 14.3. The molecular formula is C15H18N2O3. The average Bonchev–Trinajstić information content (AvgIpc) is 2.71. The number of hydrogen-bond donors (Lipinski definition) is 1. The normalized spacial score (nSPS) is 21.1. The van der Waals surface area contributed by atoms with Gasteiger partial charge in [0.2, 0.25) is 0 Å². The summed E-state index contributed by atoms with van der Waals surface area (Å²) in [6.45, 7) is 3.34. The lowest BCUT2D eigenvalue weighted by Gasteiger charge is -2.32. The predicted octanol–water partition coefficient (Wildman–Crippen LogP) is 1.68. The van der Waals surface area contributed by atoms with Crippen LogP contribution in [0.2, 0.25) is 0 Å². The Morgan fingerprint density at radius 3 is 2.55 bits per heavy atom. The van der Waals surface area contributed by atoms with Crippen molar-refractivity contribution in [2.45, 2.75) is 25.8 Å². The number of carbonyl (C=O) groups excluding carboxylic acids is 2. The zero-order valence-electron chi connectivity index (χ0n) is 11.5. The molecular weight excluding hydrogens is 256 g/mol. The number of carbonyl (C=O) groups is 2. The number of fused-ring (bicyclic) bond motifs is 1. The van der Waals surface area contributed by atoms with E-state index in [-0.39, 0.29) is 17.9 Å². The summed E-state index contributed by atoms with van der Waals surface area (Å²) in [5.74, 6) is -0.122. The Morgan fingerprint density at radius 2 is 1.85 bits per heavy atom. The average molecular weight is 274 g/mol. The van der Waals surface area contributed by atoms with E-state index in [1.54, 1.807) is 18.2 Å². The Hall–Kier alpha value is -1.88. The molecule has 5 nitrogen and oxygen atoms in total. The van der Waals surface area contributed by atoms with Crippen LogP contribution in [0.3, 0.4) is 0 Å². The third-order valence-electron chi connectivity index (χ3n) is 4.30. The van der Waals surface area contributed by atoms with Crippen molar-refractivity contribution in [3.05, 3.63) is 29.3 Å². The first-order chi connectivity index (χ1) is 9.59. The van der Waals surface area contributed by atoms with E-state index >= 15 is 0 Å². The second-order valence-electron chi connectivity index (χ2n) is 5.48. The molecule has 0 radical (unpaired) electrons. The number of ether oxygens (including phenoxy) is 1. The highest BCUT2D eigenvalue weighted by molar-refractivity contribution is 6.21. The van der Waals surface area contributed by atoms with Crippen LogP contribution >= 0.6 is 0 Å². The molecule has 0 spiro atoms. The van der Waals surface area contributed by atoms with Gasteiger partial charge in [0.25, 0.3) is 11.8 Å². The third kappa shape index (κ3) is 1.98. The number of benzene rings is 1. The fourth-order valence-corrected chi connectivity index (χ4v) is 3.06. The molecule has 5 heteroatoms. The minimum atomic E-state index is -0.226. The third-order valence-corrected chi connectivity index (χ3v) is 4.30. The molecule has 2 aliphatic rings. The molecule has 2 aliphatic heterocycles. The van der Waals surface area contributed by atoms with E-state index < -0.39 is 0 Å². The number of imide groups is 1. The first-order valence-corrected chi connectivity index (χ1v) is 6.94. The highest BCUT2D eigenvalue weighted by Crippen LogP contribution is 2.31. The predicted molar refractivity (Wildman–Crippen MR) is 74.4 cm³/mol. The van der Waals surface area contributed by atoms with E-state index in [4.69, 9.17) is 10.5 Å². The molecule has 2 N–H and O–H groups in total. The smallest absolute Gasteiger partial charge is 0.261 e. The Balaban J connectivity index is 1.89. The summed E-state index contributed by atoms with van der Waals surface area (Å²) in [7, 11) is 0. The molecule has 1 unspecified atom stereocenters. The van der Waals surface area contributed by atoms with E-state index in [9.17, 15) is 9.59 Å². The number of anilines is 1. The van der Waals surface area contributed by atoms with Crippen LogP contribution in [-0.2, 0) is 4.74 Å². The van der Waals surface area contributed by atoms with Crippen LogP contribution in [0, 0.1) is 5.92 Å². The summed E-state index contributed by atoms with van der Waals surface area (Å²) in [5.41, 5.74) is 7.10. The molecule has 1 aromatic carbocycles. The first-order valence-electron chi connectivity index (χ1n) is 6.94. The van der Waals surface area contributed by atoms with Crippen molar-refractivity contribution >= 4 is 17.5 Å². The maximum absolute atomic E-state index is 12.5. The van der Waals surface area contributed by atoms with Gasteiger partial charge >= 0.3 is 0 Å². The fourth-order valence-electron chi connectivity index (χ4n) is 3.06. The summed E-state index contributed by atoms with van der Waals surface area (Å²) >= 11 is 0. The quantitative estimate of drug-likeness (QED) is 0.658. The van der Waals surface area contributed by atoms with Crippen molar-refractivity contribution in [3.63, 3.8) is 0 Å². The second kappa shape index (κ2) is 4.90.